The maximum absolute atomic E-state index is 12.3. The van der Waals surface area contributed by atoms with Gasteiger partial charge in [-0.15, -0.1) is 10.1 Å². The van der Waals surface area contributed by atoms with Gasteiger partial charge in [-0.2, -0.15) is 0 Å². The predicted molar refractivity (Wildman–Crippen MR) is 177 cm³/mol. The van der Waals surface area contributed by atoms with Crippen molar-refractivity contribution in [3.8, 4) is 11.5 Å². The van der Waals surface area contributed by atoms with E-state index in [2.05, 4.69) is 4.84 Å². The van der Waals surface area contributed by atoms with Gasteiger partial charge in [0.05, 0.1) is 31.5 Å². The molecule has 2 aromatic carbocycles. The van der Waals surface area contributed by atoms with Crippen LogP contribution in [-0.4, -0.2) is 70.5 Å². The molecule has 13 heteroatoms. The molecule has 0 heterocycles. The zero-order valence-corrected chi connectivity index (χ0v) is 27.7. The van der Waals surface area contributed by atoms with Crippen LogP contribution in [0.2, 0.25) is 5.02 Å². The minimum atomic E-state index is -0.862. The Labute approximate surface area is 285 Å². The van der Waals surface area contributed by atoms with E-state index in [1.165, 1.54) is 0 Å². The van der Waals surface area contributed by atoms with Crippen LogP contribution in [0.3, 0.4) is 0 Å². The van der Waals surface area contributed by atoms with Gasteiger partial charge < -0.3 is 34.4 Å². The van der Waals surface area contributed by atoms with E-state index >= 15 is 0 Å². The van der Waals surface area contributed by atoms with Gasteiger partial charge in [-0.3, -0.25) is 9.59 Å². The van der Waals surface area contributed by atoms with Gasteiger partial charge in [0.15, 0.2) is 0 Å². The number of halogens is 1. The summed E-state index contributed by atoms with van der Waals surface area (Å²) in [6.07, 6.45) is 6.88. The highest BCUT2D eigenvalue weighted by Gasteiger charge is 2.40. The number of allylic oxidation sites excluding steroid dienone is 2. The van der Waals surface area contributed by atoms with E-state index in [0.29, 0.717) is 74.3 Å². The van der Waals surface area contributed by atoms with Gasteiger partial charge in [0.25, 0.3) is 5.09 Å². The summed E-state index contributed by atoms with van der Waals surface area (Å²) in [4.78, 5) is 38.3. The van der Waals surface area contributed by atoms with Crippen molar-refractivity contribution >= 4 is 23.5 Å². The van der Waals surface area contributed by atoms with Gasteiger partial charge in [0.2, 0.25) is 0 Å². The van der Waals surface area contributed by atoms with E-state index in [-0.39, 0.29) is 56.4 Å². The maximum atomic E-state index is 12.3. The van der Waals surface area contributed by atoms with E-state index in [4.69, 9.17) is 25.8 Å². The Balaban J connectivity index is 1.27. The molecule has 1 aliphatic carbocycles. The van der Waals surface area contributed by atoms with Gasteiger partial charge in [0, 0.05) is 24.3 Å². The normalized spacial score (nSPS) is 19.6. The molecule has 0 amide bonds. The molecular weight excluding hydrogens is 646 g/mol. The number of carbonyl (C=O) groups is 2. The van der Waals surface area contributed by atoms with Crippen LogP contribution in [-0.2, 0) is 25.6 Å². The molecule has 1 fully saturated rings. The first-order valence-electron chi connectivity index (χ1n) is 16.4. The van der Waals surface area contributed by atoms with Crippen LogP contribution in [0.25, 0.3) is 0 Å². The molecule has 12 nitrogen and oxygen atoms in total. The zero-order valence-electron chi connectivity index (χ0n) is 27.0. The number of rotatable bonds is 22. The van der Waals surface area contributed by atoms with E-state index in [1.54, 1.807) is 48.5 Å². The molecule has 1 saturated carbocycles. The second-order valence-corrected chi connectivity index (χ2v) is 12.3. The second-order valence-electron chi connectivity index (χ2n) is 11.9. The minimum Gasteiger partial charge on any atom is -0.491 e. The van der Waals surface area contributed by atoms with Crippen molar-refractivity contribution in [2.75, 3.05) is 19.8 Å². The van der Waals surface area contributed by atoms with E-state index < -0.39 is 23.4 Å². The number of benzene rings is 2. The number of carbonyl (C=O) groups excluding carboxylic acids is 2. The Morgan fingerprint density at radius 3 is 2.46 bits per heavy atom. The van der Waals surface area contributed by atoms with Crippen LogP contribution in [0, 0.1) is 22.0 Å². The molecule has 0 bridgehead atoms. The average molecular weight is 692 g/mol. The van der Waals surface area contributed by atoms with Crippen molar-refractivity contribution in [3.63, 3.8) is 0 Å². The fourth-order valence-electron chi connectivity index (χ4n) is 5.63. The third-order valence-corrected chi connectivity index (χ3v) is 8.44. The van der Waals surface area contributed by atoms with Crippen molar-refractivity contribution < 1.29 is 49.0 Å². The zero-order chi connectivity index (χ0) is 34.7. The summed E-state index contributed by atoms with van der Waals surface area (Å²) in [5.41, 5.74) is 0.910. The number of hydrogen-bond acceptors (Lipinski definition) is 11. The molecule has 2 aromatic rings. The second kappa shape index (κ2) is 21.3. The highest BCUT2D eigenvalue weighted by atomic mass is 35.5. The van der Waals surface area contributed by atoms with Crippen molar-refractivity contribution in [3.05, 3.63) is 81.4 Å². The lowest BCUT2D eigenvalue weighted by Crippen LogP contribution is -2.25. The van der Waals surface area contributed by atoms with Crippen LogP contribution in [0.1, 0.15) is 69.8 Å². The smallest absolute Gasteiger partial charge is 0.311 e. The number of ether oxygens (including phenoxy) is 3. The first-order valence-corrected chi connectivity index (χ1v) is 16.8. The first kappa shape index (κ1) is 38.7. The number of unbranched alkanes of at least 4 members (excludes halogenated alkanes) is 2. The Kier molecular flexibility index (Phi) is 17.2. The topological polar surface area (TPSA) is 175 Å². The highest BCUT2D eigenvalue weighted by Crippen LogP contribution is 2.38. The standard InChI is InChI=1S/C35H46ClNO11/c36-26-8-7-9-29(22-26)46-24-27(38)15-18-31-30(32(39)23-33(31)40)10-3-1-2-4-12-35(42)48-28-16-13-25(14-17-28)19-21-45-34(41)11-5-6-20-47-37(43)44/h1,3,7-9,13-14,16-17,22,27,30-33,38-40H,2,4-6,10-12,15,18-21,23-24H2/b3-1-/t27-,30-,31-,32+,33-/m1/s1. The maximum Gasteiger partial charge on any atom is 0.311 e. The SMILES string of the molecule is O=C(CCCCO[N+](=O)[O-])OCCc1ccc(OC(=O)CCC/C=C\C[C@@H]2[C@@H](CC[C@@H](O)COc3cccc(Cl)c3)[C@H](O)C[C@@H]2O)cc1. The lowest BCUT2D eigenvalue weighted by molar-refractivity contribution is -0.757. The summed E-state index contributed by atoms with van der Waals surface area (Å²) in [7, 11) is 0. The molecule has 0 saturated heterocycles. The fourth-order valence-corrected chi connectivity index (χ4v) is 5.81. The quantitative estimate of drug-likeness (QED) is 0.0360. The largest absolute Gasteiger partial charge is 0.491 e. The molecule has 3 rings (SSSR count). The van der Waals surface area contributed by atoms with Crippen molar-refractivity contribution in [2.24, 2.45) is 11.8 Å². The van der Waals surface area contributed by atoms with Gasteiger partial charge in [0.1, 0.15) is 18.1 Å². The van der Waals surface area contributed by atoms with Gasteiger partial charge >= 0.3 is 11.9 Å². The van der Waals surface area contributed by atoms with E-state index in [9.17, 15) is 35.0 Å². The lowest BCUT2D eigenvalue weighted by Gasteiger charge is -2.23. The first-order chi connectivity index (χ1) is 23.1. The van der Waals surface area contributed by atoms with Gasteiger partial charge in [-0.05, 0) is 99.1 Å². The number of nitrogens with zero attached hydrogens (tertiary/aromatic N) is 1. The molecule has 0 aromatic heterocycles. The number of aliphatic hydroxyl groups excluding tert-OH is 3. The molecule has 0 aliphatic heterocycles. The molecular formula is C35H46ClNO11. The fraction of sp³-hybridized carbons (Fsp3) is 0.543. The Bertz CT molecular complexity index is 1310. The minimum absolute atomic E-state index is 0.0490. The summed E-state index contributed by atoms with van der Waals surface area (Å²) in [6.45, 7) is 0.258. The highest BCUT2D eigenvalue weighted by molar-refractivity contribution is 6.30. The molecule has 0 spiro atoms. The number of aliphatic hydroxyl groups is 3. The lowest BCUT2D eigenvalue weighted by atomic mass is 9.86. The van der Waals surface area contributed by atoms with Crippen LogP contribution in [0.5, 0.6) is 11.5 Å². The monoisotopic (exact) mass is 691 g/mol. The van der Waals surface area contributed by atoms with E-state index in [1.807, 2.05) is 12.2 Å². The molecule has 48 heavy (non-hydrogen) atoms. The number of hydrogen-bond donors (Lipinski definition) is 3. The molecule has 1 aliphatic rings. The summed E-state index contributed by atoms with van der Waals surface area (Å²) < 4.78 is 16.2. The molecule has 0 unspecified atom stereocenters. The number of esters is 2. The van der Waals surface area contributed by atoms with Gasteiger partial charge in [-0.25, -0.2) is 0 Å². The van der Waals surface area contributed by atoms with Crippen LogP contribution < -0.4 is 9.47 Å². The summed E-state index contributed by atoms with van der Waals surface area (Å²) >= 11 is 5.97. The summed E-state index contributed by atoms with van der Waals surface area (Å²) in [6, 6.07) is 13.9. The Morgan fingerprint density at radius 1 is 0.958 bits per heavy atom. The van der Waals surface area contributed by atoms with Crippen LogP contribution in [0.4, 0.5) is 0 Å². The third kappa shape index (κ3) is 15.0. The van der Waals surface area contributed by atoms with Gasteiger partial charge in [-0.1, -0.05) is 42.0 Å². The van der Waals surface area contributed by atoms with Crippen molar-refractivity contribution in [1.82, 2.24) is 0 Å². The summed E-state index contributed by atoms with van der Waals surface area (Å²) in [5, 5.41) is 41.3. The predicted octanol–water partition coefficient (Wildman–Crippen LogP) is 5.40. The molecule has 5 atom stereocenters. The third-order valence-electron chi connectivity index (χ3n) is 8.20. The average Bonchev–Trinajstić information content (AvgIpc) is 3.32. The Morgan fingerprint density at radius 2 is 1.71 bits per heavy atom. The summed E-state index contributed by atoms with van der Waals surface area (Å²) in [5.74, 6) is 0.0277. The molecule has 3 N–H and O–H groups in total. The van der Waals surface area contributed by atoms with E-state index in [0.717, 1.165) is 5.56 Å². The van der Waals surface area contributed by atoms with Crippen molar-refractivity contribution in [2.45, 2.75) is 88.9 Å². The Hall–Kier alpha value is -3.71. The van der Waals surface area contributed by atoms with Crippen LogP contribution >= 0.6 is 11.6 Å². The molecule has 264 valence electrons. The molecule has 0 radical (unpaired) electrons. The van der Waals surface area contributed by atoms with Crippen LogP contribution in [0.15, 0.2) is 60.7 Å². The van der Waals surface area contributed by atoms with Crippen molar-refractivity contribution in [1.29, 1.82) is 0 Å².